The van der Waals surface area contributed by atoms with Gasteiger partial charge >= 0.3 is 5.69 Å². The minimum absolute atomic E-state index is 0.0470. The Balaban J connectivity index is 1.93. The molecule has 92 valence electrons. The smallest absolute Gasteiger partial charge is 0.311 e. The zero-order valence-electron chi connectivity index (χ0n) is 9.93. The standard InChI is InChI=1S/C12H17N3O2/c1-9(4-5-10-6-7-10)14-12-11(15(16)17)3-2-8-13-12/h2-3,8-10H,4-7H2,1H3,(H,13,14). The van der Waals surface area contributed by atoms with E-state index in [0.29, 0.717) is 5.82 Å². The molecule has 1 fully saturated rings. The molecule has 0 bridgehead atoms. The summed E-state index contributed by atoms with van der Waals surface area (Å²) in [7, 11) is 0. The van der Waals surface area contributed by atoms with Gasteiger partial charge in [-0.05, 0) is 31.7 Å². The van der Waals surface area contributed by atoms with Crippen LogP contribution in [0.5, 0.6) is 0 Å². The van der Waals surface area contributed by atoms with Crippen molar-refractivity contribution in [3.63, 3.8) is 0 Å². The van der Waals surface area contributed by atoms with Crippen molar-refractivity contribution in [2.45, 2.75) is 38.6 Å². The highest BCUT2D eigenvalue weighted by Gasteiger charge is 2.22. The summed E-state index contributed by atoms with van der Waals surface area (Å²) in [5.41, 5.74) is 0.0470. The summed E-state index contributed by atoms with van der Waals surface area (Å²) in [5, 5.41) is 13.9. The van der Waals surface area contributed by atoms with Gasteiger partial charge in [-0.15, -0.1) is 0 Å². The Morgan fingerprint density at radius 2 is 2.41 bits per heavy atom. The van der Waals surface area contributed by atoms with Crippen LogP contribution in [-0.2, 0) is 0 Å². The lowest BCUT2D eigenvalue weighted by molar-refractivity contribution is -0.384. The van der Waals surface area contributed by atoms with E-state index in [1.165, 1.54) is 25.3 Å². The highest BCUT2D eigenvalue weighted by Crippen LogP contribution is 2.34. The van der Waals surface area contributed by atoms with E-state index < -0.39 is 4.92 Å². The summed E-state index contributed by atoms with van der Waals surface area (Å²) in [6.07, 6.45) is 6.50. The van der Waals surface area contributed by atoms with Crippen molar-refractivity contribution in [3.05, 3.63) is 28.4 Å². The molecule has 1 aromatic heterocycles. The van der Waals surface area contributed by atoms with Crippen LogP contribution < -0.4 is 5.32 Å². The number of hydrogen-bond acceptors (Lipinski definition) is 4. The van der Waals surface area contributed by atoms with E-state index in [0.717, 1.165) is 12.3 Å². The van der Waals surface area contributed by atoms with Crippen molar-refractivity contribution < 1.29 is 4.92 Å². The summed E-state index contributed by atoms with van der Waals surface area (Å²) in [6, 6.07) is 3.28. The van der Waals surface area contributed by atoms with Crippen molar-refractivity contribution in [2.75, 3.05) is 5.32 Å². The third-order valence-electron chi connectivity index (χ3n) is 3.07. The average molecular weight is 235 g/mol. The van der Waals surface area contributed by atoms with Gasteiger partial charge in [-0.25, -0.2) is 4.98 Å². The monoisotopic (exact) mass is 235 g/mol. The zero-order valence-corrected chi connectivity index (χ0v) is 9.93. The molecule has 1 aliphatic carbocycles. The molecule has 0 saturated heterocycles. The summed E-state index contributed by atoms with van der Waals surface area (Å²) in [6.45, 7) is 2.04. The molecule has 1 aliphatic rings. The van der Waals surface area contributed by atoms with Crippen LogP contribution in [0.15, 0.2) is 18.3 Å². The fraction of sp³-hybridized carbons (Fsp3) is 0.583. The van der Waals surface area contributed by atoms with Crippen molar-refractivity contribution >= 4 is 11.5 Å². The maximum atomic E-state index is 10.8. The van der Waals surface area contributed by atoms with Gasteiger partial charge in [-0.1, -0.05) is 12.8 Å². The second kappa shape index (κ2) is 5.12. The Kier molecular flexibility index (Phi) is 3.56. The first-order chi connectivity index (χ1) is 8.16. The minimum Gasteiger partial charge on any atom is -0.362 e. The van der Waals surface area contributed by atoms with Crippen LogP contribution >= 0.6 is 0 Å². The van der Waals surface area contributed by atoms with Gasteiger partial charge in [0.15, 0.2) is 0 Å². The summed E-state index contributed by atoms with van der Waals surface area (Å²) < 4.78 is 0. The second-order valence-electron chi connectivity index (χ2n) is 4.69. The first kappa shape index (κ1) is 11.8. The molecule has 2 rings (SSSR count). The van der Waals surface area contributed by atoms with Crippen LogP contribution in [0, 0.1) is 16.0 Å². The minimum atomic E-state index is -0.400. The molecular formula is C12H17N3O2. The summed E-state index contributed by atoms with van der Waals surface area (Å²) in [5.74, 6) is 1.26. The van der Waals surface area contributed by atoms with Gasteiger partial charge in [0, 0.05) is 18.3 Å². The van der Waals surface area contributed by atoms with Crippen molar-refractivity contribution in [3.8, 4) is 0 Å². The quantitative estimate of drug-likeness (QED) is 0.608. The highest BCUT2D eigenvalue weighted by atomic mass is 16.6. The number of nitro groups is 1. The largest absolute Gasteiger partial charge is 0.362 e. The molecule has 1 unspecified atom stereocenters. The van der Waals surface area contributed by atoms with E-state index in [2.05, 4.69) is 10.3 Å². The molecule has 1 aromatic rings. The number of pyridine rings is 1. The van der Waals surface area contributed by atoms with E-state index in [9.17, 15) is 10.1 Å². The van der Waals surface area contributed by atoms with Crippen molar-refractivity contribution in [1.82, 2.24) is 4.98 Å². The Morgan fingerprint density at radius 1 is 1.65 bits per heavy atom. The van der Waals surface area contributed by atoms with Crippen molar-refractivity contribution in [2.24, 2.45) is 5.92 Å². The normalized spacial score (nSPS) is 16.5. The van der Waals surface area contributed by atoms with Crippen LogP contribution in [0.2, 0.25) is 0 Å². The third-order valence-corrected chi connectivity index (χ3v) is 3.07. The van der Waals surface area contributed by atoms with Gasteiger partial charge in [-0.2, -0.15) is 0 Å². The van der Waals surface area contributed by atoms with Gasteiger partial charge < -0.3 is 5.32 Å². The molecule has 0 aromatic carbocycles. The molecule has 0 amide bonds. The molecule has 0 aliphatic heterocycles. The van der Waals surface area contributed by atoms with Crippen LogP contribution in [0.1, 0.15) is 32.6 Å². The van der Waals surface area contributed by atoms with Crippen molar-refractivity contribution in [1.29, 1.82) is 0 Å². The lowest BCUT2D eigenvalue weighted by atomic mass is 10.1. The molecule has 17 heavy (non-hydrogen) atoms. The molecule has 1 heterocycles. The molecule has 5 heteroatoms. The predicted molar refractivity (Wildman–Crippen MR) is 65.9 cm³/mol. The first-order valence-electron chi connectivity index (χ1n) is 6.02. The zero-order chi connectivity index (χ0) is 12.3. The molecule has 1 N–H and O–H groups in total. The lowest BCUT2D eigenvalue weighted by Crippen LogP contribution is -2.17. The number of anilines is 1. The lowest BCUT2D eigenvalue weighted by Gasteiger charge is -2.13. The SMILES string of the molecule is CC(CCC1CC1)Nc1ncccc1[N+](=O)[O-]. The maximum absolute atomic E-state index is 10.8. The van der Waals surface area contributed by atoms with E-state index in [1.54, 1.807) is 12.3 Å². The molecule has 5 nitrogen and oxygen atoms in total. The predicted octanol–water partition coefficient (Wildman–Crippen LogP) is 2.98. The average Bonchev–Trinajstić information content (AvgIpc) is 3.10. The van der Waals surface area contributed by atoms with E-state index in [-0.39, 0.29) is 11.7 Å². The summed E-state index contributed by atoms with van der Waals surface area (Å²) >= 11 is 0. The Morgan fingerprint density at radius 3 is 3.06 bits per heavy atom. The number of nitrogens with zero attached hydrogens (tertiary/aromatic N) is 2. The van der Waals surface area contributed by atoms with Crippen LogP contribution in [0.4, 0.5) is 11.5 Å². The molecule has 0 radical (unpaired) electrons. The van der Waals surface area contributed by atoms with E-state index >= 15 is 0 Å². The van der Waals surface area contributed by atoms with Gasteiger partial charge in [-0.3, -0.25) is 10.1 Å². The first-order valence-corrected chi connectivity index (χ1v) is 6.02. The number of aromatic nitrogens is 1. The molecule has 1 saturated carbocycles. The van der Waals surface area contributed by atoms with Gasteiger partial charge in [0.05, 0.1) is 4.92 Å². The van der Waals surface area contributed by atoms with Crippen LogP contribution in [0.3, 0.4) is 0 Å². The Labute approximate surface area is 100 Å². The Bertz CT molecular complexity index is 404. The molecule has 1 atom stereocenters. The molecular weight excluding hydrogens is 218 g/mol. The Hall–Kier alpha value is -1.65. The third kappa shape index (κ3) is 3.41. The topological polar surface area (TPSA) is 68.1 Å². The fourth-order valence-corrected chi connectivity index (χ4v) is 1.85. The highest BCUT2D eigenvalue weighted by molar-refractivity contribution is 5.55. The van der Waals surface area contributed by atoms with Gasteiger partial charge in [0.1, 0.15) is 0 Å². The number of nitrogens with one attached hydrogen (secondary N) is 1. The number of hydrogen-bond donors (Lipinski definition) is 1. The van der Waals surface area contributed by atoms with Gasteiger partial charge in [0.25, 0.3) is 0 Å². The van der Waals surface area contributed by atoms with E-state index in [4.69, 9.17) is 0 Å². The van der Waals surface area contributed by atoms with E-state index in [1.807, 2.05) is 6.92 Å². The van der Waals surface area contributed by atoms with Gasteiger partial charge in [0.2, 0.25) is 5.82 Å². The fourth-order valence-electron chi connectivity index (χ4n) is 1.85. The number of rotatable bonds is 6. The van der Waals surface area contributed by atoms with Crippen LogP contribution in [0.25, 0.3) is 0 Å². The maximum Gasteiger partial charge on any atom is 0.311 e. The molecule has 0 spiro atoms. The van der Waals surface area contributed by atoms with Crippen LogP contribution in [-0.4, -0.2) is 15.9 Å². The summed E-state index contributed by atoms with van der Waals surface area (Å²) in [4.78, 5) is 14.4. The second-order valence-corrected chi connectivity index (χ2v) is 4.69.